The molecule has 0 spiro atoms. The normalized spacial score (nSPS) is 11.7. The maximum absolute atomic E-state index is 3.54. The molecule has 0 unspecified atom stereocenters. The van der Waals surface area contributed by atoms with Crippen LogP contribution in [0.5, 0.6) is 0 Å². The van der Waals surface area contributed by atoms with Crippen molar-refractivity contribution in [3.63, 3.8) is 0 Å². The van der Waals surface area contributed by atoms with Gasteiger partial charge in [0.1, 0.15) is 0 Å². The number of nitrogens with zero attached hydrogens (tertiary/aromatic N) is 1. The Hall–Kier alpha value is -0.420. The smallest absolute Gasteiger partial charge is 0.0453 e. The summed E-state index contributed by atoms with van der Waals surface area (Å²) in [5.41, 5.74) is 0. The maximum Gasteiger partial charge on any atom is 0.0453 e. The fourth-order valence-electron chi connectivity index (χ4n) is 2.08. The third kappa shape index (κ3) is 3.79. The Morgan fingerprint density at radius 3 is 2.78 bits per heavy atom. The second-order valence-corrected chi connectivity index (χ2v) is 6.54. The lowest BCUT2D eigenvalue weighted by atomic mass is 10.3. The second kappa shape index (κ2) is 7.24. The summed E-state index contributed by atoms with van der Waals surface area (Å²) in [5, 5.41) is 5.71. The molecule has 100 valence electrons. The van der Waals surface area contributed by atoms with E-state index >= 15 is 0 Å². The monoisotopic (exact) mass is 282 g/mol. The van der Waals surface area contributed by atoms with Crippen molar-refractivity contribution in [2.24, 2.45) is 0 Å². The summed E-state index contributed by atoms with van der Waals surface area (Å²) < 4.78 is 2.86. The number of hydrogen-bond donors (Lipinski definition) is 1. The Balaban J connectivity index is 1.65. The van der Waals surface area contributed by atoms with E-state index in [0.717, 1.165) is 26.2 Å². The van der Waals surface area contributed by atoms with E-state index in [1.54, 1.807) is 0 Å². The lowest BCUT2D eigenvalue weighted by Gasteiger charge is -2.17. The number of hydrogen-bond acceptors (Lipinski definition) is 4. The van der Waals surface area contributed by atoms with Crippen LogP contribution in [0.2, 0.25) is 0 Å². The molecule has 0 saturated heterocycles. The minimum Gasteiger partial charge on any atom is -0.312 e. The predicted octanol–water partition coefficient (Wildman–Crippen LogP) is 3.78. The van der Waals surface area contributed by atoms with E-state index in [1.807, 2.05) is 22.7 Å². The molecule has 0 aromatic carbocycles. The quantitative estimate of drug-likeness (QED) is 0.741. The standard InChI is InChI=1S/C14H22N2S2/c1-3-16(4-2)8-5-7-15-11-12-10-14-13(18-12)6-9-17-14/h6,9-10,15H,3-5,7-8,11H2,1-2H3. The Labute approximate surface area is 118 Å². The summed E-state index contributed by atoms with van der Waals surface area (Å²) in [5.74, 6) is 0. The van der Waals surface area contributed by atoms with Gasteiger partial charge in [-0.25, -0.2) is 0 Å². The van der Waals surface area contributed by atoms with Gasteiger partial charge in [0.2, 0.25) is 0 Å². The third-order valence-corrected chi connectivity index (χ3v) is 5.31. The molecule has 0 amide bonds. The number of thiophene rings is 2. The lowest BCUT2D eigenvalue weighted by molar-refractivity contribution is 0.298. The van der Waals surface area contributed by atoms with Gasteiger partial charge in [-0.15, -0.1) is 22.7 Å². The van der Waals surface area contributed by atoms with E-state index < -0.39 is 0 Å². The van der Waals surface area contributed by atoms with Crippen LogP contribution < -0.4 is 5.32 Å². The molecule has 0 bridgehead atoms. The highest BCUT2D eigenvalue weighted by molar-refractivity contribution is 7.26. The summed E-state index contributed by atoms with van der Waals surface area (Å²) in [4.78, 5) is 3.93. The number of nitrogens with one attached hydrogen (secondary N) is 1. The summed E-state index contributed by atoms with van der Waals surface area (Å²) in [7, 11) is 0. The van der Waals surface area contributed by atoms with Gasteiger partial charge in [0.25, 0.3) is 0 Å². The van der Waals surface area contributed by atoms with Crippen molar-refractivity contribution in [2.45, 2.75) is 26.8 Å². The largest absolute Gasteiger partial charge is 0.312 e. The molecule has 2 nitrogen and oxygen atoms in total. The van der Waals surface area contributed by atoms with E-state index in [-0.39, 0.29) is 0 Å². The molecule has 2 heterocycles. The van der Waals surface area contributed by atoms with E-state index in [0.29, 0.717) is 0 Å². The minimum atomic E-state index is 1.02. The van der Waals surface area contributed by atoms with Crippen molar-refractivity contribution in [1.29, 1.82) is 0 Å². The fraction of sp³-hybridized carbons (Fsp3) is 0.571. The van der Waals surface area contributed by atoms with E-state index in [9.17, 15) is 0 Å². The molecule has 0 aliphatic carbocycles. The van der Waals surface area contributed by atoms with Crippen LogP contribution in [0.4, 0.5) is 0 Å². The zero-order chi connectivity index (χ0) is 12.8. The molecular formula is C14H22N2S2. The van der Waals surface area contributed by atoms with E-state index in [4.69, 9.17) is 0 Å². The molecule has 0 aliphatic heterocycles. The predicted molar refractivity (Wildman–Crippen MR) is 83.8 cm³/mol. The highest BCUT2D eigenvalue weighted by Gasteiger charge is 2.02. The van der Waals surface area contributed by atoms with Crippen LogP contribution in [-0.2, 0) is 6.54 Å². The first-order valence-corrected chi connectivity index (χ1v) is 8.42. The Morgan fingerprint density at radius 2 is 2.06 bits per heavy atom. The fourth-order valence-corrected chi connectivity index (χ4v) is 4.19. The van der Waals surface area contributed by atoms with Gasteiger partial charge < -0.3 is 10.2 Å². The average molecular weight is 282 g/mol. The summed E-state index contributed by atoms with van der Waals surface area (Å²) >= 11 is 3.75. The molecule has 0 radical (unpaired) electrons. The van der Waals surface area contributed by atoms with Crippen molar-refractivity contribution < 1.29 is 0 Å². The lowest BCUT2D eigenvalue weighted by Crippen LogP contribution is -2.27. The molecule has 0 aliphatic rings. The van der Waals surface area contributed by atoms with E-state index in [1.165, 1.54) is 27.2 Å². The van der Waals surface area contributed by atoms with Crippen LogP contribution >= 0.6 is 22.7 Å². The Bertz CT molecular complexity index is 429. The molecule has 2 aromatic heterocycles. The molecule has 4 heteroatoms. The SMILES string of the molecule is CCN(CC)CCCNCc1cc2sccc2s1. The van der Waals surface area contributed by atoms with Gasteiger partial charge in [-0.3, -0.25) is 0 Å². The first-order valence-electron chi connectivity index (χ1n) is 6.72. The Kier molecular flexibility index (Phi) is 5.63. The number of rotatable bonds is 8. The van der Waals surface area contributed by atoms with Crippen LogP contribution in [0.25, 0.3) is 9.40 Å². The Morgan fingerprint density at radius 1 is 1.22 bits per heavy atom. The van der Waals surface area contributed by atoms with Gasteiger partial charge in [0.05, 0.1) is 0 Å². The van der Waals surface area contributed by atoms with Gasteiger partial charge >= 0.3 is 0 Å². The highest BCUT2D eigenvalue weighted by Crippen LogP contribution is 2.29. The average Bonchev–Trinajstić information content (AvgIpc) is 2.94. The van der Waals surface area contributed by atoms with Crippen LogP contribution in [-0.4, -0.2) is 31.1 Å². The molecule has 1 N–H and O–H groups in total. The molecule has 18 heavy (non-hydrogen) atoms. The first kappa shape index (κ1) is 14.0. The third-order valence-electron chi connectivity index (χ3n) is 3.21. The maximum atomic E-state index is 3.54. The van der Waals surface area contributed by atoms with E-state index in [2.05, 4.69) is 41.6 Å². The van der Waals surface area contributed by atoms with Crippen molar-refractivity contribution in [1.82, 2.24) is 10.2 Å². The minimum absolute atomic E-state index is 1.02. The molecule has 0 saturated carbocycles. The second-order valence-electron chi connectivity index (χ2n) is 4.42. The van der Waals surface area contributed by atoms with Gasteiger partial charge in [0, 0.05) is 20.8 Å². The van der Waals surface area contributed by atoms with Crippen LogP contribution in [0.1, 0.15) is 25.1 Å². The zero-order valence-corrected chi connectivity index (χ0v) is 12.9. The summed E-state index contributed by atoms with van der Waals surface area (Å²) in [6.45, 7) is 10.1. The first-order chi connectivity index (χ1) is 8.83. The summed E-state index contributed by atoms with van der Waals surface area (Å²) in [6.07, 6.45) is 1.24. The molecular weight excluding hydrogens is 260 g/mol. The van der Waals surface area contributed by atoms with Crippen LogP contribution in [0.3, 0.4) is 0 Å². The van der Waals surface area contributed by atoms with Crippen molar-refractivity contribution in [3.8, 4) is 0 Å². The van der Waals surface area contributed by atoms with Crippen molar-refractivity contribution in [2.75, 3.05) is 26.2 Å². The van der Waals surface area contributed by atoms with Gasteiger partial charge in [-0.05, 0) is 50.1 Å². The van der Waals surface area contributed by atoms with Crippen molar-refractivity contribution in [3.05, 3.63) is 22.4 Å². The number of fused-ring (bicyclic) bond motifs is 1. The van der Waals surface area contributed by atoms with Gasteiger partial charge in [-0.2, -0.15) is 0 Å². The molecule has 0 fully saturated rings. The molecule has 2 aromatic rings. The zero-order valence-electron chi connectivity index (χ0n) is 11.2. The highest BCUT2D eigenvalue weighted by atomic mass is 32.1. The summed E-state index contributed by atoms with van der Waals surface area (Å²) in [6, 6.07) is 4.54. The molecule has 0 atom stereocenters. The molecule has 2 rings (SSSR count). The van der Waals surface area contributed by atoms with Crippen LogP contribution in [0.15, 0.2) is 17.5 Å². The van der Waals surface area contributed by atoms with Crippen LogP contribution in [0, 0.1) is 0 Å². The van der Waals surface area contributed by atoms with Crippen molar-refractivity contribution >= 4 is 32.1 Å². The topological polar surface area (TPSA) is 15.3 Å². The van der Waals surface area contributed by atoms with Gasteiger partial charge in [-0.1, -0.05) is 13.8 Å². The van der Waals surface area contributed by atoms with Gasteiger partial charge in [0.15, 0.2) is 0 Å².